The SMILES string of the molecule is COc1cc(Cl)c(O)c(C(C)=O)c1. The van der Waals surface area contributed by atoms with E-state index in [0.29, 0.717) is 5.75 Å². The molecule has 0 aliphatic rings. The van der Waals surface area contributed by atoms with Gasteiger partial charge in [-0.25, -0.2) is 0 Å². The molecule has 3 nitrogen and oxygen atoms in total. The summed E-state index contributed by atoms with van der Waals surface area (Å²) in [6.07, 6.45) is 0. The summed E-state index contributed by atoms with van der Waals surface area (Å²) in [5.41, 5.74) is 0.171. The molecule has 0 radical (unpaired) electrons. The molecule has 0 fully saturated rings. The van der Waals surface area contributed by atoms with Gasteiger partial charge in [0, 0.05) is 6.07 Å². The molecule has 0 heterocycles. The average Bonchev–Trinajstić information content (AvgIpc) is 2.09. The minimum Gasteiger partial charge on any atom is -0.506 e. The summed E-state index contributed by atoms with van der Waals surface area (Å²) < 4.78 is 4.89. The smallest absolute Gasteiger partial charge is 0.163 e. The number of halogens is 1. The van der Waals surface area contributed by atoms with Crippen molar-refractivity contribution in [2.45, 2.75) is 6.92 Å². The quantitative estimate of drug-likeness (QED) is 0.745. The number of carbonyl (C=O) groups is 1. The van der Waals surface area contributed by atoms with Crippen molar-refractivity contribution in [3.8, 4) is 11.5 Å². The minimum absolute atomic E-state index is 0.115. The van der Waals surface area contributed by atoms with Gasteiger partial charge < -0.3 is 9.84 Å². The van der Waals surface area contributed by atoms with E-state index in [9.17, 15) is 9.90 Å². The first kappa shape index (κ1) is 9.86. The van der Waals surface area contributed by atoms with Gasteiger partial charge in [0.2, 0.25) is 0 Å². The monoisotopic (exact) mass is 200 g/mol. The Hall–Kier alpha value is -1.22. The van der Waals surface area contributed by atoms with Crippen molar-refractivity contribution < 1.29 is 14.6 Å². The highest BCUT2D eigenvalue weighted by Gasteiger charge is 2.12. The van der Waals surface area contributed by atoms with Crippen LogP contribution in [-0.2, 0) is 0 Å². The number of Topliss-reactive ketones (excluding diaryl/α,β-unsaturated/α-hetero) is 1. The molecule has 0 atom stereocenters. The van der Waals surface area contributed by atoms with Crippen molar-refractivity contribution in [2.24, 2.45) is 0 Å². The van der Waals surface area contributed by atoms with E-state index in [4.69, 9.17) is 16.3 Å². The van der Waals surface area contributed by atoms with Gasteiger partial charge in [-0.2, -0.15) is 0 Å². The molecule has 0 saturated heterocycles. The Morgan fingerprint density at radius 1 is 1.54 bits per heavy atom. The van der Waals surface area contributed by atoms with Crippen molar-refractivity contribution in [1.82, 2.24) is 0 Å². The molecule has 1 N–H and O–H groups in total. The van der Waals surface area contributed by atoms with E-state index in [2.05, 4.69) is 0 Å². The largest absolute Gasteiger partial charge is 0.506 e. The third-order valence-electron chi connectivity index (χ3n) is 1.65. The van der Waals surface area contributed by atoms with Gasteiger partial charge >= 0.3 is 0 Å². The van der Waals surface area contributed by atoms with Crippen molar-refractivity contribution in [3.63, 3.8) is 0 Å². The van der Waals surface area contributed by atoms with Gasteiger partial charge in [-0.15, -0.1) is 0 Å². The first-order chi connectivity index (χ1) is 6.06. The van der Waals surface area contributed by atoms with E-state index in [1.54, 1.807) is 0 Å². The fraction of sp³-hybridized carbons (Fsp3) is 0.222. The van der Waals surface area contributed by atoms with E-state index < -0.39 is 0 Å². The van der Waals surface area contributed by atoms with Crippen LogP contribution in [0.1, 0.15) is 17.3 Å². The van der Waals surface area contributed by atoms with Gasteiger partial charge in [0.1, 0.15) is 11.5 Å². The van der Waals surface area contributed by atoms with Crippen LogP contribution < -0.4 is 4.74 Å². The molecular weight excluding hydrogens is 192 g/mol. The molecule has 0 saturated carbocycles. The predicted octanol–water partition coefficient (Wildman–Crippen LogP) is 2.26. The maximum absolute atomic E-state index is 11.0. The number of hydrogen-bond donors (Lipinski definition) is 1. The Bertz CT molecular complexity index is 347. The Morgan fingerprint density at radius 3 is 2.62 bits per heavy atom. The first-order valence-electron chi connectivity index (χ1n) is 3.63. The average molecular weight is 201 g/mol. The fourth-order valence-corrected chi connectivity index (χ4v) is 1.17. The van der Waals surface area contributed by atoms with Crippen LogP contribution in [0.2, 0.25) is 5.02 Å². The summed E-state index contributed by atoms with van der Waals surface area (Å²) >= 11 is 5.66. The third-order valence-corrected chi connectivity index (χ3v) is 1.94. The molecule has 1 rings (SSSR count). The first-order valence-corrected chi connectivity index (χ1v) is 4.01. The van der Waals surface area contributed by atoms with E-state index in [1.807, 2.05) is 0 Å². The Kier molecular flexibility index (Phi) is 2.78. The highest BCUT2D eigenvalue weighted by atomic mass is 35.5. The maximum Gasteiger partial charge on any atom is 0.163 e. The van der Waals surface area contributed by atoms with Gasteiger partial charge in [0.05, 0.1) is 17.7 Å². The normalized spacial score (nSPS) is 9.77. The lowest BCUT2D eigenvalue weighted by atomic mass is 10.1. The van der Waals surface area contributed by atoms with Crippen LogP contribution in [-0.4, -0.2) is 18.0 Å². The molecule has 0 spiro atoms. The number of ketones is 1. The zero-order valence-electron chi connectivity index (χ0n) is 7.30. The minimum atomic E-state index is -0.252. The van der Waals surface area contributed by atoms with Crippen molar-refractivity contribution in [3.05, 3.63) is 22.7 Å². The molecule has 0 amide bonds. The summed E-state index contributed by atoms with van der Waals surface area (Å²) in [5.74, 6) is 0.00117. The molecule has 1 aromatic rings. The van der Waals surface area contributed by atoms with Crippen LogP contribution in [0.4, 0.5) is 0 Å². The predicted molar refractivity (Wildman–Crippen MR) is 49.7 cm³/mol. The van der Waals surface area contributed by atoms with Crippen LogP contribution in [0.25, 0.3) is 0 Å². The van der Waals surface area contributed by atoms with E-state index in [1.165, 1.54) is 26.2 Å². The highest BCUT2D eigenvalue weighted by Crippen LogP contribution is 2.32. The molecule has 1 aromatic carbocycles. The van der Waals surface area contributed by atoms with Gasteiger partial charge in [0.15, 0.2) is 5.78 Å². The van der Waals surface area contributed by atoms with Gasteiger partial charge in [-0.1, -0.05) is 11.6 Å². The lowest BCUT2D eigenvalue weighted by Crippen LogP contribution is -1.94. The molecule has 0 aromatic heterocycles. The van der Waals surface area contributed by atoms with Crippen LogP contribution in [0.5, 0.6) is 11.5 Å². The number of hydrogen-bond acceptors (Lipinski definition) is 3. The molecule has 4 heteroatoms. The number of phenols is 1. The molecule has 13 heavy (non-hydrogen) atoms. The van der Waals surface area contributed by atoms with E-state index in [-0.39, 0.29) is 22.1 Å². The van der Waals surface area contributed by atoms with Crippen LogP contribution in [0.15, 0.2) is 12.1 Å². The Balaban J connectivity index is 3.33. The van der Waals surface area contributed by atoms with Crippen LogP contribution in [0.3, 0.4) is 0 Å². The molecule has 0 aliphatic heterocycles. The third kappa shape index (κ3) is 1.92. The topological polar surface area (TPSA) is 46.5 Å². The second kappa shape index (κ2) is 3.66. The molecule has 0 bridgehead atoms. The van der Waals surface area contributed by atoms with Gasteiger partial charge in [0.25, 0.3) is 0 Å². The summed E-state index contributed by atoms with van der Waals surface area (Å²) in [6.45, 7) is 1.35. The zero-order chi connectivity index (χ0) is 10.0. The summed E-state index contributed by atoms with van der Waals surface area (Å²) in [4.78, 5) is 11.0. The molecule has 0 aliphatic carbocycles. The van der Waals surface area contributed by atoms with E-state index >= 15 is 0 Å². The van der Waals surface area contributed by atoms with Crippen molar-refractivity contribution >= 4 is 17.4 Å². The number of rotatable bonds is 2. The van der Waals surface area contributed by atoms with Crippen molar-refractivity contribution in [2.75, 3.05) is 7.11 Å². The second-order valence-electron chi connectivity index (χ2n) is 2.56. The Labute approximate surface area is 80.9 Å². The summed E-state index contributed by atoms with van der Waals surface area (Å²) in [6, 6.07) is 2.90. The van der Waals surface area contributed by atoms with Crippen LogP contribution in [0, 0.1) is 0 Å². The number of aromatic hydroxyl groups is 1. The standard InChI is InChI=1S/C9H9ClO3/c1-5(11)7-3-6(13-2)4-8(10)9(7)12/h3-4,12H,1-2H3. The number of carbonyl (C=O) groups excluding carboxylic acids is 1. The van der Waals surface area contributed by atoms with Crippen molar-refractivity contribution in [1.29, 1.82) is 0 Å². The Morgan fingerprint density at radius 2 is 2.15 bits per heavy atom. The number of phenolic OH excluding ortho intramolecular Hbond substituents is 1. The van der Waals surface area contributed by atoms with Gasteiger partial charge in [-0.3, -0.25) is 4.79 Å². The lowest BCUT2D eigenvalue weighted by molar-refractivity contribution is 0.101. The number of methoxy groups -OCH3 is 1. The second-order valence-corrected chi connectivity index (χ2v) is 2.97. The molecular formula is C9H9ClO3. The number of benzene rings is 1. The number of ether oxygens (including phenoxy) is 1. The highest BCUT2D eigenvalue weighted by molar-refractivity contribution is 6.32. The summed E-state index contributed by atoms with van der Waals surface area (Å²) in [7, 11) is 1.46. The summed E-state index contributed by atoms with van der Waals surface area (Å²) in [5, 5.41) is 9.49. The zero-order valence-corrected chi connectivity index (χ0v) is 8.05. The molecule has 0 unspecified atom stereocenters. The van der Waals surface area contributed by atoms with Crippen LogP contribution >= 0.6 is 11.6 Å². The lowest BCUT2D eigenvalue weighted by Gasteiger charge is -2.06. The maximum atomic E-state index is 11.0. The fourth-order valence-electron chi connectivity index (χ4n) is 0.960. The van der Waals surface area contributed by atoms with Gasteiger partial charge in [-0.05, 0) is 13.0 Å². The van der Waals surface area contributed by atoms with E-state index in [0.717, 1.165) is 0 Å². The molecule has 70 valence electrons.